The van der Waals surface area contributed by atoms with Crippen molar-refractivity contribution in [1.29, 1.82) is 5.26 Å². The number of nitriles is 1. The molecule has 0 spiro atoms. The van der Waals surface area contributed by atoms with Crippen LogP contribution in [0.5, 0.6) is 0 Å². The Morgan fingerprint density at radius 2 is 2.31 bits per heavy atom. The second-order valence-electron chi connectivity index (χ2n) is 4.52. The van der Waals surface area contributed by atoms with Crippen LogP contribution in [0.4, 0.5) is 10.2 Å². The molecule has 1 aliphatic heterocycles. The predicted octanol–water partition coefficient (Wildman–Crippen LogP) is 2.20. The van der Waals surface area contributed by atoms with Gasteiger partial charge in [0, 0.05) is 18.7 Å². The predicted molar refractivity (Wildman–Crippen MR) is 60.0 cm³/mol. The lowest BCUT2D eigenvalue weighted by atomic mass is 10.1. The van der Waals surface area contributed by atoms with E-state index in [2.05, 4.69) is 11.1 Å². The van der Waals surface area contributed by atoms with E-state index in [1.54, 1.807) is 19.1 Å². The van der Waals surface area contributed by atoms with E-state index in [1.165, 1.54) is 0 Å². The number of aryl methyl sites for hydroxylation is 1. The van der Waals surface area contributed by atoms with E-state index in [1.807, 2.05) is 11.8 Å². The molecule has 0 aliphatic carbocycles. The molecule has 1 atom stereocenters. The molecule has 2 rings (SSSR count). The van der Waals surface area contributed by atoms with Gasteiger partial charge in [-0.05, 0) is 26.0 Å². The van der Waals surface area contributed by atoms with Crippen LogP contribution in [-0.2, 0) is 0 Å². The Hall–Kier alpha value is -1.63. The van der Waals surface area contributed by atoms with Crippen molar-refractivity contribution in [2.45, 2.75) is 25.9 Å². The molecule has 1 aliphatic rings. The summed E-state index contributed by atoms with van der Waals surface area (Å²) in [5.41, 5.74) is 0.197. The highest BCUT2D eigenvalue weighted by molar-refractivity contribution is 5.55. The van der Waals surface area contributed by atoms with E-state index in [9.17, 15) is 4.39 Å². The van der Waals surface area contributed by atoms with Crippen LogP contribution in [-0.4, -0.2) is 23.7 Å². The first kappa shape index (κ1) is 10.9. The molecule has 0 radical (unpaired) electrons. The van der Waals surface area contributed by atoms with Gasteiger partial charge >= 0.3 is 0 Å². The summed E-state index contributed by atoms with van der Waals surface area (Å²) in [5.74, 6) is 0.615. The molecular formula is C12H14FN3. The third-order valence-electron chi connectivity index (χ3n) is 2.86. The number of alkyl halides is 1. The maximum Gasteiger partial charge on any atom is 0.146 e. The minimum Gasteiger partial charge on any atom is -0.352 e. The van der Waals surface area contributed by atoms with Gasteiger partial charge in [-0.2, -0.15) is 5.26 Å². The van der Waals surface area contributed by atoms with Crippen LogP contribution in [0.3, 0.4) is 0 Å². The van der Waals surface area contributed by atoms with Crippen LogP contribution < -0.4 is 4.90 Å². The van der Waals surface area contributed by atoms with Gasteiger partial charge in [-0.3, -0.25) is 0 Å². The summed E-state index contributed by atoms with van der Waals surface area (Å²) < 4.78 is 13.7. The Morgan fingerprint density at radius 1 is 1.56 bits per heavy atom. The molecule has 0 bridgehead atoms. The first-order valence-corrected chi connectivity index (χ1v) is 5.33. The largest absolute Gasteiger partial charge is 0.352 e. The molecule has 1 aromatic heterocycles. The van der Waals surface area contributed by atoms with Crippen LogP contribution >= 0.6 is 0 Å². The highest BCUT2D eigenvalue weighted by Gasteiger charge is 2.34. The van der Waals surface area contributed by atoms with Crippen LogP contribution in [0.25, 0.3) is 0 Å². The molecule has 16 heavy (non-hydrogen) atoms. The molecule has 1 fully saturated rings. The monoisotopic (exact) mass is 219 g/mol. The summed E-state index contributed by atoms with van der Waals surface area (Å²) in [7, 11) is 0. The molecular weight excluding hydrogens is 205 g/mol. The molecule has 2 heterocycles. The number of aromatic nitrogens is 1. The molecule has 0 aromatic carbocycles. The molecule has 0 saturated carbocycles. The first-order valence-electron chi connectivity index (χ1n) is 5.33. The number of anilines is 1. The molecule has 0 N–H and O–H groups in total. The van der Waals surface area contributed by atoms with Crippen molar-refractivity contribution in [3.63, 3.8) is 0 Å². The summed E-state index contributed by atoms with van der Waals surface area (Å²) in [4.78, 5) is 6.18. The fourth-order valence-electron chi connectivity index (χ4n) is 1.98. The quantitative estimate of drug-likeness (QED) is 0.727. The van der Waals surface area contributed by atoms with Crippen LogP contribution in [0, 0.1) is 18.3 Å². The van der Waals surface area contributed by atoms with Crippen molar-refractivity contribution in [3.8, 4) is 6.07 Å². The van der Waals surface area contributed by atoms with E-state index in [0.29, 0.717) is 30.9 Å². The zero-order valence-corrected chi connectivity index (χ0v) is 9.50. The normalized spacial score (nSPS) is 24.5. The van der Waals surface area contributed by atoms with E-state index < -0.39 is 5.67 Å². The first-order chi connectivity index (χ1) is 7.52. The van der Waals surface area contributed by atoms with Gasteiger partial charge in [0.2, 0.25) is 0 Å². The van der Waals surface area contributed by atoms with Crippen molar-refractivity contribution in [1.82, 2.24) is 4.98 Å². The summed E-state index contributed by atoms with van der Waals surface area (Å²) in [6, 6.07) is 5.64. The van der Waals surface area contributed by atoms with Gasteiger partial charge in [0.1, 0.15) is 17.6 Å². The lowest BCUT2D eigenvalue weighted by Gasteiger charge is -2.19. The zero-order chi connectivity index (χ0) is 11.8. The maximum atomic E-state index is 13.7. The second kappa shape index (κ2) is 3.75. The van der Waals surface area contributed by atoms with Gasteiger partial charge in [0.15, 0.2) is 0 Å². The average molecular weight is 219 g/mol. The topological polar surface area (TPSA) is 39.9 Å². The Bertz CT molecular complexity index is 448. The molecule has 1 unspecified atom stereocenters. The van der Waals surface area contributed by atoms with Crippen molar-refractivity contribution >= 4 is 5.82 Å². The van der Waals surface area contributed by atoms with E-state index in [0.717, 1.165) is 5.69 Å². The number of pyridine rings is 1. The van der Waals surface area contributed by atoms with E-state index in [-0.39, 0.29) is 0 Å². The minimum atomic E-state index is -1.17. The minimum absolute atomic E-state index is 0.318. The second-order valence-corrected chi connectivity index (χ2v) is 4.52. The SMILES string of the molecule is Cc1ccc(C#N)c(N2CCC(C)(F)C2)n1. The highest BCUT2D eigenvalue weighted by atomic mass is 19.1. The van der Waals surface area contributed by atoms with Crippen LogP contribution in [0.1, 0.15) is 24.6 Å². The fourth-order valence-corrected chi connectivity index (χ4v) is 1.98. The molecule has 1 saturated heterocycles. The molecule has 0 amide bonds. The van der Waals surface area contributed by atoms with E-state index >= 15 is 0 Å². The molecule has 1 aromatic rings. The van der Waals surface area contributed by atoms with Crippen molar-refractivity contribution in [3.05, 3.63) is 23.4 Å². The van der Waals surface area contributed by atoms with Crippen molar-refractivity contribution < 1.29 is 4.39 Å². The standard InChI is InChI=1S/C12H14FN3/c1-9-3-4-10(7-14)11(15-9)16-6-5-12(2,13)8-16/h3-4H,5-6,8H2,1-2H3. The maximum absolute atomic E-state index is 13.7. The third kappa shape index (κ3) is 1.99. The highest BCUT2D eigenvalue weighted by Crippen LogP contribution is 2.29. The van der Waals surface area contributed by atoms with Gasteiger partial charge in [-0.1, -0.05) is 0 Å². The smallest absolute Gasteiger partial charge is 0.146 e. The van der Waals surface area contributed by atoms with Crippen molar-refractivity contribution in [2.24, 2.45) is 0 Å². The fraction of sp³-hybridized carbons (Fsp3) is 0.500. The number of nitrogens with zero attached hydrogens (tertiary/aromatic N) is 3. The molecule has 84 valence electrons. The summed E-state index contributed by atoms with van der Waals surface area (Å²) >= 11 is 0. The number of hydrogen-bond donors (Lipinski definition) is 0. The Kier molecular flexibility index (Phi) is 2.55. The van der Waals surface area contributed by atoms with Gasteiger partial charge in [0.25, 0.3) is 0 Å². The lowest BCUT2D eigenvalue weighted by Crippen LogP contribution is -2.27. The zero-order valence-electron chi connectivity index (χ0n) is 9.50. The number of halogens is 1. The Balaban J connectivity index is 2.34. The van der Waals surface area contributed by atoms with Crippen LogP contribution in [0.15, 0.2) is 12.1 Å². The Morgan fingerprint density at radius 3 is 2.88 bits per heavy atom. The average Bonchev–Trinajstić information content (AvgIpc) is 2.59. The van der Waals surface area contributed by atoms with Gasteiger partial charge < -0.3 is 4.90 Å². The summed E-state index contributed by atoms with van der Waals surface area (Å²) in [5, 5.41) is 8.99. The van der Waals surface area contributed by atoms with Gasteiger partial charge in [-0.15, -0.1) is 0 Å². The third-order valence-corrected chi connectivity index (χ3v) is 2.86. The summed E-state index contributed by atoms with van der Waals surface area (Å²) in [6.45, 7) is 4.40. The van der Waals surface area contributed by atoms with Gasteiger partial charge in [-0.25, -0.2) is 9.37 Å². The number of hydrogen-bond acceptors (Lipinski definition) is 3. The van der Waals surface area contributed by atoms with E-state index in [4.69, 9.17) is 5.26 Å². The molecule has 3 nitrogen and oxygen atoms in total. The van der Waals surface area contributed by atoms with Crippen molar-refractivity contribution in [2.75, 3.05) is 18.0 Å². The lowest BCUT2D eigenvalue weighted by molar-refractivity contribution is 0.221. The van der Waals surface area contributed by atoms with Crippen LogP contribution in [0.2, 0.25) is 0 Å². The van der Waals surface area contributed by atoms with Gasteiger partial charge in [0.05, 0.1) is 12.1 Å². The molecule has 4 heteroatoms. The summed E-state index contributed by atoms with van der Waals surface area (Å²) in [6.07, 6.45) is 0.494. The number of rotatable bonds is 1. The Labute approximate surface area is 94.5 Å².